The molecule has 0 aliphatic heterocycles. The summed E-state index contributed by atoms with van der Waals surface area (Å²) in [7, 11) is 0. The lowest BCUT2D eigenvalue weighted by Gasteiger charge is -2.09. The van der Waals surface area contributed by atoms with Gasteiger partial charge < -0.3 is 5.32 Å². The number of halogens is 2. The Balaban J connectivity index is 2.43. The molecule has 0 fully saturated rings. The van der Waals surface area contributed by atoms with E-state index in [9.17, 15) is 13.6 Å². The lowest BCUT2D eigenvalue weighted by atomic mass is 10.2. The zero-order valence-corrected chi connectivity index (χ0v) is 8.81. The maximum atomic E-state index is 12.7. The minimum absolute atomic E-state index is 0.159. The molecule has 0 saturated carbocycles. The summed E-state index contributed by atoms with van der Waals surface area (Å²) in [6.45, 7) is 0.159. The molecule has 1 amide bonds. The minimum Gasteiger partial charge on any atom is -0.352 e. The molecule has 5 nitrogen and oxygen atoms in total. The molecule has 0 spiro atoms. The average Bonchev–Trinajstić information content (AvgIpc) is 2.27. The summed E-state index contributed by atoms with van der Waals surface area (Å²) >= 11 is 0. The van der Waals surface area contributed by atoms with Crippen molar-refractivity contribution in [3.05, 3.63) is 46.3 Å². The van der Waals surface area contributed by atoms with Gasteiger partial charge in [0.05, 0.1) is 6.42 Å². The minimum atomic E-state index is -3.68. The molecule has 0 saturated heterocycles. The van der Waals surface area contributed by atoms with Crippen molar-refractivity contribution in [2.24, 2.45) is 5.11 Å². The fourth-order valence-corrected chi connectivity index (χ4v) is 1.15. The summed E-state index contributed by atoms with van der Waals surface area (Å²) in [6, 6.07) is 5.18. The van der Waals surface area contributed by atoms with Crippen LogP contribution in [0, 0.1) is 0 Å². The number of carbonyl (C=O) groups is 1. The van der Waals surface area contributed by atoms with Crippen molar-refractivity contribution in [3.63, 3.8) is 0 Å². The van der Waals surface area contributed by atoms with Crippen molar-refractivity contribution in [3.8, 4) is 0 Å². The first-order chi connectivity index (χ1) is 8.03. The van der Waals surface area contributed by atoms with Crippen molar-refractivity contribution >= 4 is 5.91 Å². The van der Waals surface area contributed by atoms with Gasteiger partial charge in [-0.1, -0.05) is 30.3 Å². The van der Waals surface area contributed by atoms with Gasteiger partial charge in [-0.2, -0.15) is 8.78 Å². The molecule has 0 aromatic heterocycles. The van der Waals surface area contributed by atoms with Crippen molar-refractivity contribution in [2.45, 2.75) is 19.0 Å². The van der Waals surface area contributed by atoms with E-state index in [0.717, 1.165) is 5.56 Å². The zero-order chi connectivity index (χ0) is 12.7. The first-order valence-corrected chi connectivity index (χ1v) is 4.78. The zero-order valence-electron chi connectivity index (χ0n) is 8.81. The largest absolute Gasteiger partial charge is 0.352 e. The highest BCUT2D eigenvalue weighted by Crippen LogP contribution is 2.19. The molecule has 7 heteroatoms. The first-order valence-electron chi connectivity index (χ1n) is 4.78. The average molecular weight is 240 g/mol. The Morgan fingerprint density at radius 3 is 2.65 bits per heavy atom. The van der Waals surface area contributed by atoms with E-state index in [1.165, 1.54) is 0 Å². The predicted molar refractivity (Wildman–Crippen MR) is 57.0 cm³/mol. The molecular weight excluding hydrogens is 230 g/mol. The highest BCUT2D eigenvalue weighted by atomic mass is 19.3. The van der Waals surface area contributed by atoms with Crippen LogP contribution in [0.4, 0.5) is 8.78 Å². The number of hydrogen-bond acceptors (Lipinski definition) is 2. The Kier molecular flexibility index (Phi) is 4.42. The van der Waals surface area contributed by atoms with Gasteiger partial charge in [-0.25, -0.2) is 0 Å². The molecule has 1 N–H and O–H groups in total. The van der Waals surface area contributed by atoms with Crippen LogP contribution in [0.15, 0.2) is 35.4 Å². The number of carbonyl (C=O) groups excluding carboxylic acids is 1. The maximum absolute atomic E-state index is 12.7. The molecule has 0 aliphatic carbocycles. The van der Waals surface area contributed by atoms with Gasteiger partial charge in [-0.3, -0.25) is 4.79 Å². The fraction of sp³-hybridized carbons (Fsp3) is 0.300. The number of alkyl halides is 2. The van der Waals surface area contributed by atoms with Crippen LogP contribution in [-0.4, -0.2) is 12.0 Å². The molecule has 90 valence electrons. The van der Waals surface area contributed by atoms with Crippen LogP contribution in [0.5, 0.6) is 0 Å². The van der Waals surface area contributed by atoms with Gasteiger partial charge >= 0.3 is 6.05 Å². The molecular formula is C10H10F2N4O. The molecule has 17 heavy (non-hydrogen) atoms. The molecule has 1 aromatic carbocycles. The number of amides is 1. The van der Waals surface area contributed by atoms with Gasteiger partial charge in [0.15, 0.2) is 0 Å². The summed E-state index contributed by atoms with van der Waals surface area (Å²) in [6.07, 6.45) is -1.15. The molecule has 0 unspecified atom stereocenters. The number of benzene rings is 1. The highest BCUT2D eigenvalue weighted by molar-refractivity contribution is 5.76. The van der Waals surface area contributed by atoms with Crippen LogP contribution >= 0.6 is 0 Å². The van der Waals surface area contributed by atoms with Gasteiger partial charge in [-0.15, -0.1) is 0 Å². The molecule has 1 rings (SSSR count). The normalized spacial score (nSPS) is 10.5. The van der Waals surface area contributed by atoms with Crippen LogP contribution in [0.25, 0.3) is 10.4 Å². The van der Waals surface area contributed by atoms with Crippen molar-refractivity contribution in [2.75, 3.05) is 0 Å². The standard InChI is InChI=1S/C10H10F2N4O/c11-10(12,15-16-13)6-9(17)14-7-8-4-2-1-3-5-8/h1-5H,6-7H2,(H,14,17). The maximum Gasteiger partial charge on any atom is 0.334 e. The quantitative estimate of drug-likeness (QED) is 0.365. The van der Waals surface area contributed by atoms with Gasteiger partial charge in [-0.05, 0) is 16.2 Å². The Morgan fingerprint density at radius 2 is 2.06 bits per heavy atom. The van der Waals surface area contributed by atoms with Gasteiger partial charge in [0.2, 0.25) is 5.91 Å². The number of hydrogen-bond donors (Lipinski definition) is 1. The summed E-state index contributed by atoms with van der Waals surface area (Å²) < 4.78 is 25.4. The van der Waals surface area contributed by atoms with Gasteiger partial charge in [0, 0.05) is 11.5 Å². The number of nitrogens with zero attached hydrogens (tertiary/aromatic N) is 3. The van der Waals surface area contributed by atoms with Gasteiger partial charge in [0.25, 0.3) is 0 Å². The fourth-order valence-electron chi connectivity index (χ4n) is 1.15. The van der Waals surface area contributed by atoms with Crippen molar-refractivity contribution in [1.29, 1.82) is 0 Å². The topological polar surface area (TPSA) is 77.9 Å². The second kappa shape index (κ2) is 5.81. The van der Waals surface area contributed by atoms with E-state index in [4.69, 9.17) is 5.53 Å². The number of azide groups is 1. The molecule has 0 heterocycles. The third kappa shape index (κ3) is 4.94. The Hall–Kier alpha value is -2.14. The Labute approximate surface area is 96.1 Å². The predicted octanol–water partition coefficient (Wildman–Crippen LogP) is 2.60. The number of rotatable bonds is 5. The van der Waals surface area contributed by atoms with E-state index in [-0.39, 0.29) is 6.54 Å². The third-order valence-electron chi connectivity index (χ3n) is 1.90. The summed E-state index contributed by atoms with van der Waals surface area (Å²) in [5.74, 6) is -0.869. The van der Waals surface area contributed by atoms with Crippen LogP contribution in [0.2, 0.25) is 0 Å². The second-order valence-corrected chi connectivity index (χ2v) is 3.29. The van der Waals surface area contributed by atoms with E-state index >= 15 is 0 Å². The van der Waals surface area contributed by atoms with E-state index in [1.54, 1.807) is 30.3 Å². The highest BCUT2D eigenvalue weighted by Gasteiger charge is 2.30. The van der Waals surface area contributed by atoms with E-state index in [2.05, 4.69) is 10.4 Å². The van der Waals surface area contributed by atoms with E-state index < -0.39 is 18.4 Å². The van der Waals surface area contributed by atoms with Crippen LogP contribution in [-0.2, 0) is 11.3 Å². The van der Waals surface area contributed by atoms with Crippen LogP contribution in [0.3, 0.4) is 0 Å². The lowest BCUT2D eigenvalue weighted by molar-refractivity contribution is -0.128. The van der Waals surface area contributed by atoms with Crippen LogP contribution in [0.1, 0.15) is 12.0 Å². The number of nitrogens with one attached hydrogen (secondary N) is 1. The smallest absolute Gasteiger partial charge is 0.334 e. The van der Waals surface area contributed by atoms with E-state index in [1.807, 2.05) is 4.91 Å². The Morgan fingerprint density at radius 1 is 1.41 bits per heavy atom. The second-order valence-electron chi connectivity index (χ2n) is 3.29. The van der Waals surface area contributed by atoms with Crippen molar-refractivity contribution < 1.29 is 13.6 Å². The third-order valence-corrected chi connectivity index (χ3v) is 1.90. The summed E-state index contributed by atoms with van der Waals surface area (Å²) in [4.78, 5) is 13.1. The molecule has 0 aliphatic rings. The molecule has 1 aromatic rings. The molecule has 0 bridgehead atoms. The molecule has 0 atom stereocenters. The van der Waals surface area contributed by atoms with Crippen LogP contribution < -0.4 is 5.32 Å². The Bertz CT molecular complexity index is 429. The van der Waals surface area contributed by atoms with Gasteiger partial charge in [0.1, 0.15) is 0 Å². The lowest BCUT2D eigenvalue weighted by Crippen LogP contribution is -2.29. The molecule has 0 radical (unpaired) electrons. The van der Waals surface area contributed by atoms with E-state index in [0.29, 0.717) is 0 Å². The SMILES string of the molecule is [N-]=[N+]=NC(F)(F)CC(=O)NCc1ccccc1. The summed E-state index contributed by atoms with van der Waals surface area (Å²) in [5.41, 5.74) is 8.67. The van der Waals surface area contributed by atoms with Crippen molar-refractivity contribution in [1.82, 2.24) is 5.32 Å². The first kappa shape index (κ1) is 12.9. The summed E-state index contributed by atoms with van der Waals surface area (Å²) in [5, 5.41) is 4.55. The monoisotopic (exact) mass is 240 g/mol.